The van der Waals surface area contributed by atoms with Gasteiger partial charge in [-0.2, -0.15) is 0 Å². The van der Waals surface area contributed by atoms with Gasteiger partial charge in [-0.3, -0.25) is 14.6 Å². The Balaban J connectivity index is 2.50. The van der Waals surface area contributed by atoms with Gasteiger partial charge in [-0.25, -0.2) is 0 Å². The van der Waals surface area contributed by atoms with Gasteiger partial charge in [0.25, 0.3) is 5.56 Å². The Morgan fingerprint density at radius 1 is 1.30 bits per heavy atom. The molecular weight excluding hydrogens is 290 g/mol. The van der Waals surface area contributed by atoms with Gasteiger partial charge in [0.05, 0.1) is 0 Å². The Kier molecular flexibility index (Phi) is 5.46. The van der Waals surface area contributed by atoms with Crippen molar-refractivity contribution in [2.45, 2.75) is 33.6 Å². The van der Waals surface area contributed by atoms with Crippen molar-refractivity contribution >= 4 is 11.5 Å². The van der Waals surface area contributed by atoms with Gasteiger partial charge in [-0.05, 0) is 50.1 Å². The average molecular weight is 311 g/mol. The van der Waals surface area contributed by atoms with E-state index in [1.807, 2.05) is 18.2 Å². The summed E-state index contributed by atoms with van der Waals surface area (Å²) >= 11 is 0. The van der Waals surface area contributed by atoms with Crippen molar-refractivity contribution in [3.8, 4) is 11.1 Å². The van der Waals surface area contributed by atoms with Gasteiger partial charge in [0.1, 0.15) is 5.69 Å². The fourth-order valence-corrected chi connectivity index (χ4v) is 2.45. The van der Waals surface area contributed by atoms with Crippen molar-refractivity contribution in [1.82, 2.24) is 9.97 Å². The summed E-state index contributed by atoms with van der Waals surface area (Å²) in [6.45, 7) is 5.30. The Hall–Kier alpha value is -2.69. The zero-order chi connectivity index (χ0) is 16.8. The first-order chi connectivity index (χ1) is 11.0. The van der Waals surface area contributed by atoms with Crippen LogP contribution in [-0.4, -0.2) is 15.8 Å². The number of nitrogens with zero attached hydrogens (tertiary/aromatic N) is 1. The van der Waals surface area contributed by atoms with E-state index in [-0.39, 0.29) is 11.3 Å². The second-order valence-electron chi connectivity index (χ2n) is 5.45. The van der Waals surface area contributed by atoms with Gasteiger partial charge in [0, 0.05) is 29.3 Å². The second kappa shape index (κ2) is 7.54. The van der Waals surface area contributed by atoms with Crippen LogP contribution in [0.15, 0.2) is 47.2 Å². The molecule has 23 heavy (non-hydrogen) atoms. The van der Waals surface area contributed by atoms with E-state index in [4.69, 9.17) is 0 Å². The SMILES string of the molecule is CCCc1[nH]c(=O)c(NC(C)=CC(C)=O)cc1-c1ccncc1. The molecule has 2 aromatic rings. The molecule has 0 amide bonds. The number of pyridine rings is 2. The topological polar surface area (TPSA) is 74.8 Å². The van der Waals surface area contributed by atoms with Crippen LogP contribution in [0.25, 0.3) is 11.1 Å². The molecule has 0 radical (unpaired) electrons. The third-order valence-corrected chi connectivity index (χ3v) is 3.37. The highest BCUT2D eigenvalue weighted by Crippen LogP contribution is 2.24. The number of carbonyl (C=O) groups is 1. The zero-order valence-electron chi connectivity index (χ0n) is 13.6. The fraction of sp³-hybridized carbons (Fsp3) is 0.278. The van der Waals surface area contributed by atoms with E-state index in [2.05, 4.69) is 22.2 Å². The van der Waals surface area contributed by atoms with E-state index < -0.39 is 0 Å². The minimum Gasteiger partial charge on any atom is -0.355 e. The number of ketones is 1. The molecule has 120 valence electrons. The predicted octanol–water partition coefficient (Wildman–Crippen LogP) is 3.29. The Morgan fingerprint density at radius 2 is 2.00 bits per heavy atom. The van der Waals surface area contributed by atoms with E-state index in [0.29, 0.717) is 11.4 Å². The first-order valence-electron chi connectivity index (χ1n) is 7.63. The standard InChI is InChI=1S/C18H21N3O2/c1-4-5-16-15(14-6-8-19-9-7-14)11-17(18(23)21-16)20-12(2)10-13(3)22/h6-11,20H,4-5H2,1-3H3,(H,21,23). The molecule has 0 atom stereocenters. The lowest BCUT2D eigenvalue weighted by Crippen LogP contribution is -2.16. The molecule has 0 saturated carbocycles. The minimum absolute atomic E-state index is 0.0663. The summed E-state index contributed by atoms with van der Waals surface area (Å²) in [6, 6.07) is 5.65. The van der Waals surface area contributed by atoms with Crippen molar-refractivity contribution < 1.29 is 4.79 Å². The summed E-state index contributed by atoms with van der Waals surface area (Å²) in [5.41, 5.74) is 3.73. The highest BCUT2D eigenvalue weighted by atomic mass is 16.1. The van der Waals surface area contributed by atoms with Crippen LogP contribution in [0.5, 0.6) is 0 Å². The fourth-order valence-electron chi connectivity index (χ4n) is 2.45. The third kappa shape index (κ3) is 4.39. The summed E-state index contributed by atoms with van der Waals surface area (Å²) in [6.07, 6.45) is 6.64. The maximum atomic E-state index is 12.3. The van der Waals surface area contributed by atoms with E-state index in [1.165, 1.54) is 13.0 Å². The second-order valence-corrected chi connectivity index (χ2v) is 5.45. The van der Waals surface area contributed by atoms with Crippen molar-refractivity contribution in [3.05, 3.63) is 58.4 Å². The summed E-state index contributed by atoms with van der Waals surface area (Å²) in [5.74, 6) is -0.0663. The molecule has 2 aromatic heterocycles. The van der Waals surface area contributed by atoms with E-state index >= 15 is 0 Å². The molecular formula is C18H21N3O2. The summed E-state index contributed by atoms with van der Waals surface area (Å²) in [5, 5.41) is 3.00. The summed E-state index contributed by atoms with van der Waals surface area (Å²) in [4.78, 5) is 30.4. The molecule has 0 unspecified atom stereocenters. The van der Waals surface area contributed by atoms with Crippen LogP contribution in [0.2, 0.25) is 0 Å². The minimum atomic E-state index is -0.192. The van der Waals surface area contributed by atoms with Crippen LogP contribution in [0.4, 0.5) is 5.69 Å². The molecule has 0 saturated heterocycles. The number of anilines is 1. The van der Waals surface area contributed by atoms with Crippen LogP contribution in [-0.2, 0) is 11.2 Å². The first-order valence-corrected chi connectivity index (χ1v) is 7.63. The van der Waals surface area contributed by atoms with Crippen molar-refractivity contribution in [3.63, 3.8) is 0 Å². The molecule has 0 aliphatic heterocycles. The summed E-state index contributed by atoms with van der Waals surface area (Å²) in [7, 11) is 0. The first kappa shape index (κ1) is 16.7. The quantitative estimate of drug-likeness (QED) is 0.803. The largest absolute Gasteiger partial charge is 0.355 e. The summed E-state index contributed by atoms with van der Waals surface area (Å²) < 4.78 is 0. The molecule has 0 aromatic carbocycles. The molecule has 0 aliphatic carbocycles. The van der Waals surface area contributed by atoms with Crippen molar-refractivity contribution in [2.24, 2.45) is 0 Å². The van der Waals surface area contributed by atoms with Crippen molar-refractivity contribution in [2.75, 3.05) is 5.32 Å². The number of carbonyl (C=O) groups excluding carboxylic acids is 1. The van der Waals surface area contributed by atoms with Gasteiger partial charge < -0.3 is 10.3 Å². The highest BCUT2D eigenvalue weighted by molar-refractivity contribution is 5.88. The average Bonchev–Trinajstić information content (AvgIpc) is 2.50. The monoisotopic (exact) mass is 311 g/mol. The molecule has 0 aliphatic rings. The molecule has 0 bridgehead atoms. The number of hydrogen-bond donors (Lipinski definition) is 2. The number of aromatic amines is 1. The zero-order valence-corrected chi connectivity index (χ0v) is 13.6. The highest BCUT2D eigenvalue weighted by Gasteiger charge is 2.10. The molecule has 5 heteroatoms. The Bertz CT molecular complexity index is 777. The van der Waals surface area contributed by atoms with Crippen LogP contribution >= 0.6 is 0 Å². The molecule has 0 fully saturated rings. The van der Waals surface area contributed by atoms with E-state index in [1.54, 1.807) is 19.3 Å². The predicted molar refractivity (Wildman–Crippen MR) is 92.3 cm³/mol. The van der Waals surface area contributed by atoms with Crippen LogP contribution in [0, 0.1) is 0 Å². The lowest BCUT2D eigenvalue weighted by atomic mass is 10.0. The van der Waals surface area contributed by atoms with Gasteiger partial charge in [-0.1, -0.05) is 13.3 Å². The van der Waals surface area contributed by atoms with Crippen LogP contribution in [0.3, 0.4) is 0 Å². The van der Waals surface area contributed by atoms with Gasteiger partial charge in [0.2, 0.25) is 0 Å². The third-order valence-electron chi connectivity index (χ3n) is 3.37. The van der Waals surface area contributed by atoms with Gasteiger partial charge >= 0.3 is 0 Å². The van der Waals surface area contributed by atoms with Gasteiger partial charge in [-0.15, -0.1) is 0 Å². The van der Waals surface area contributed by atoms with Crippen molar-refractivity contribution in [1.29, 1.82) is 0 Å². The van der Waals surface area contributed by atoms with Crippen LogP contribution < -0.4 is 10.9 Å². The molecule has 2 heterocycles. The smallest absolute Gasteiger partial charge is 0.271 e. The molecule has 2 N–H and O–H groups in total. The normalized spacial score (nSPS) is 11.3. The van der Waals surface area contributed by atoms with E-state index in [0.717, 1.165) is 29.7 Å². The number of H-pyrrole nitrogens is 1. The van der Waals surface area contributed by atoms with Crippen LogP contribution in [0.1, 0.15) is 32.9 Å². The van der Waals surface area contributed by atoms with Gasteiger partial charge in [0.15, 0.2) is 5.78 Å². The number of hydrogen-bond acceptors (Lipinski definition) is 4. The number of rotatable bonds is 6. The maximum absolute atomic E-state index is 12.3. The lowest BCUT2D eigenvalue weighted by Gasteiger charge is -2.12. The Labute approximate surface area is 135 Å². The molecule has 5 nitrogen and oxygen atoms in total. The Morgan fingerprint density at radius 3 is 2.61 bits per heavy atom. The lowest BCUT2D eigenvalue weighted by molar-refractivity contribution is -0.112. The number of aromatic nitrogens is 2. The maximum Gasteiger partial charge on any atom is 0.271 e. The molecule has 0 spiro atoms. The number of allylic oxidation sites excluding steroid dienone is 2. The number of nitrogens with one attached hydrogen (secondary N) is 2. The number of aryl methyl sites for hydroxylation is 1. The van der Waals surface area contributed by atoms with E-state index in [9.17, 15) is 9.59 Å². The molecule has 2 rings (SSSR count).